The summed E-state index contributed by atoms with van der Waals surface area (Å²) in [5.41, 5.74) is 2.15. The van der Waals surface area contributed by atoms with Crippen molar-refractivity contribution < 1.29 is 28.0 Å². The summed E-state index contributed by atoms with van der Waals surface area (Å²) in [7, 11) is -0.287. The molecule has 0 spiro atoms. The second kappa shape index (κ2) is 10.0. The molecule has 9 heteroatoms. The summed E-state index contributed by atoms with van der Waals surface area (Å²) >= 11 is 0. The fourth-order valence-electron chi connectivity index (χ4n) is 5.25. The van der Waals surface area contributed by atoms with E-state index in [1.54, 1.807) is 11.0 Å². The van der Waals surface area contributed by atoms with Crippen LogP contribution < -0.4 is 9.46 Å². The van der Waals surface area contributed by atoms with Crippen LogP contribution in [0, 0.1) is 11.8 Å². The predicted molar refractivity (Wildman–Crippen MR) is 140 cm³/mol. The van der Waals surface area contributed by atoms with E-state index in [9.17, 15) is 13.8 Å². The SMILES string of the molecule is COC(=O)c1c(NS(=O)c2ccccc2CC2CCN(C(=O)OC(C)(C)C)C2)ccc2c1OCC1CC21. The van der Waals surface area contributed by atoms with Gasteiger partial charge in [-0.1, -0.05) is 24.3 Å². The predicted octanol–water partition coefficient (Wildman–Crippen LogP) is 4.90. The first-order valence-corrected chi connectivity index (χ1v) is 13.9. The van der Waals surface area contributed by atoms with Crippen molar-refractivity contribution in [2.75, 3.05) is 31.5 Å². The van der Waals surface area contributed by atoms with Crippen LogP contribution in [0.15, 0.2) is 41.3 Å². The lowest BCUT2D eigenvalue weighted by atomic mass is 9.99. The minimum atomic E-state index is -1.62. The zero-order valence-corrected chi connectivity index (χ0v) is 22.6. The van der Waals surface area contributed by atoms with E-state index in [1.807, 2.05) is 51.1 Å². The van der Waals surface area contributed by atoms with Crippen LogP contribution in [0.2, 0.25) is 0 Å². The van der Waals surface area contributed by atoms with Crippen molar-refractivity contribution in [3.05, 3.63) is 53.1 Å². The molecule has 198 valence electrons. The van der Waals surface area contributed by atoms with Gasteiger partial charge in [-0.25, -0.2) is 13.8 Å². The van der Waals surface area contributed by atoms with E-state index >= 15 is 0 Å². The topological polar surface area (TPSA) is 94.2 Å². The van der Waals surface area contributed by atoms with E-state index in [2.05, 4.69) is 4.72 Å². The molecule has 2 fully saturated rings. The van der Waals surface area contributed by atoms with Crippen LogP contribution in [0.1, 0.15) is 61.0 Å². The Balaban J connectivity index is 1.32. The van der Waals surface area contributed by atoms with Gasteiger partial charge in [-0.3, -0.25) is 0 Å². The number of esters is 1. The number of ether oxygens (including phenoxy) is 3. The Morgan fingerprint density at radius 1 is 1.19 bits per heavy atom. The van der Waals surface area contributed by atoms with Gasteiger partial charge in [0.1, 0.15) is 16.9 Å². The second-order valence-electron chi connectivity index (χ2n) is 11.1. The molecule has 3 aliphatic rings. The van der Waals surface area contributed by atoms with Gasteiger partial charge in [0, 0.05) is 19.0 Å². The maximum absolute atomic E-state index is 13.6. The first-order chi connectivity index (χ1) is 17.6. The van der Waals surface area contributed by atoms with Gasteiger partial charge in [-0.2, -0.15) is 0 Å². The molecule has 0 bridgehead atoms. The summed E-state index contributed by atoms with van der Waals surface area (Å²) in [6.45, 7) is 7.40. The molecule has 4 unspecified atom stereocenters. The Hall–Kier alpha value is -3.07. The number of anilines is 1. The normalized spacial score (nSPS) is 22.8. The van der Waals surface area contributed by atoms with Crippen LogP contribution in [0.25, 0.3) is 0 Å². The van der Waals surface area contributed by atoms with Gasteiger partial charge in [-0.15, -0.1) is 0 Å². The fraction of sp³-hybridized carbons (Fsp3) is 0.500. The van der Waals surface area contributed by atoms with E-state index in [4.69, 9.17) is 14.2 Å². The third-order valence-electron chi connectivity index (χ3n) is 7.16. The Kier molecular flexibility index (Phi) is 6.91. The Morgan fingerprint density at radius 2 is 1.97 bits per heavy atom. The minimum absolute atomic E-state index is 0.236. The number of rotatable bonds is 6. The number of hydrogen-bond donors (Lipinski definition) is 1. The van der Waals surface area contributed by atoms with Gasteiger partial charge in [0.2, 0.25) is 0 Å². The van der Waals surface area contributed by atoms with Crippen LogP contribution in [0.5, 0.6) is 5.75 Å². The monoisotopic (exact) mass is 526 g/mol. The molecule has 4 atom stereocenters. The lowest BCUT2D eigenvalue weighted by Gasteiger charge is -2.24. The van der Waals surface area contributed by atoms with Gasteiger partial charge in [0.05, 0.1) is 24.3 Å². The largest absolute Gasteiger partial charge is 0.492 e. The Labute approximate surface area is 220 Å². The molecular weight excluding hydrogens is 492 g/mol. The summed E-state index contributed by atoms with van der Waals surface area (Å²) in [6.07, 6.45) is 2.30. The van der Waals surface area contributed by atoms with Crippen molar-refractivity contribution in [1.29, 1.82) is 0 Å². The van der Waals surface area contributed by atoms with Crippen LogP contribution in [0.4, 0.5) is 10.5 Å². The van der Waals surface area contributed by atoms with E-state index in [1.165, 1.54) is 7.11 Å². The number of benzene rings is 2. The first-order valence-electron chi connectivity index (χ1n) is 12.8. The molecule has 37 heavy (non-hydrogen) atoms. The minimum Gasteiger partial charge on any atom is -0.492 e. The molecule has 2 aromatic rings. The molecule has 1 aliphatic carbocycles. The molecule has 5 rings (SSSR count). The Bertz CT molecular complexity index is 1240. The lowest BCUT2D eigenvalue weighted by molar-refractivity contribution is 0.0288. The highest BCUT2D eigenvalue weighted by atomic mass is 32.2. The lowest BCUT2D eigenvalue weighted by Crippen LogP contribution is -2.35. The molecule has 0 aromatic heterocycles. The molecule has 2 aliphatic heterocycles. The molecule has 0 radical (unpaired) electrons. The maximum Gasteiger partial charge on any atom is 0.410 e. The highest BCUT2D eigenvalue weighted by Crippen LogP contribution is 2.55. The molecule has 1 amide bonds. The van der Waals surface area contributed by atoms with Crippen LogP contribution in [-0.2, 0) is 26.9 Å². The fourth-order valence-corrected chi connectivity index (χ4v) is 6.32. The van der Waals surface area contributed by atoms with Gasteiger partial charge in [-0.05, 0) is 75.1 Å². The summed E-state index contributed by atoms with van der Waals surface area (Å²) in [4.78, 5) is 27.6. The summed E-state index contributed by atoms with van der Waals surface area (Å²) < 4.78 is 33.1. The standard InChI is InChI=1S/C28H34N2O6S/c1-28(2,3)36-27(32)30-12-11-17(15-30)13-18-7-5-6-8-23(18)37(33)29-22-10-9-20-21-14-19(21)16-35-25(20)24(22)26(31)34-4/h5-10,17,19,21,29H,11-16H2,1-4H3. The van der Waals surface area contributed by atoms with Gasteiger partial charge < -0.3 is 23.8 Å². The van der Waals surface area contributed by atoms with Crippen molar-refractivity contribution in [1.82, 2.24) is 4.90 Å². The summed E-state index contributed by atoms with van der Waals surface area (Å²) in [6, 6.07) is 11.3. The highest BCUT2D eigenvalue weighted by molar-refractivity contribution is 7.86. The smallest absolute Gasteiger partial charge is 0.410 e. The van der Waals surface area contributed by atoms with Gasteiger partial charge in [0.15, 0.2) is 11.0 Å². The molecule has 8 nitrogen and oxygen atoms in total. The number of nitrogens with zero attached hydrogens (tertiary/aromatic N) is 1. The molecular formula is C28H34N2O6S. The number of methoxy groups -OCH3 is 1. The summed E-state index contributed by atoms with van der Waals surface area (Å²) in [5.74, 6) is 1.18. The number of carbonyl (C=O) groups is 2. The third-order valence-corrected chi connectivity index (χ3v) is 8.37. The van der Waals surface area contributed by atoms with E-state index in [-0.39, 0.29) is 12.0 Å². The zero-order valence-electron chi connectivity index (χ0n) is 21.7. The molecule has 1 saturated carbocycles. The van der Waals surface area contributed by atoms with E-state index in [0.29, 0.717) is 59.8 Å². The molecule has 2 heterocycles. The average Bonchev–Trinajstić information content (AvgIpc) is 3.51. The zero-order chi connectivity index (χ0) is 26.3. The van der Waals surface area contributed by atoms with Gasteiger partial charge >= 0.3 is 12.1 Å². The maximum atomic E-state index is 13.6. The van der Waals surface area contributed by atoms with Crippen LogP contribution in [-0.4, -0.2) is 53.6 Å². The van der Waals surface area contributed by atoms with Crippen LogP contribution in [0.3, 0.4) is 0 Å². The number of amides is 1. The van der Waals surface area contributed by atoms with Crippen molar-refractivity contribution >= 4 is 28.7 Å². The molecule has 1 N–H and O–H groups in total. The van der Waals surface area contributed by atoms with E-state index < -0.39 is 22.6 Å². The average molecular weight is 527 g/mol. The van der Waals surface area contributed by atoms with Crippen molar-refractivity contribution in [2.24, 2.45) is 11.8 Å². The number of carbonyl (C=O) groups excluding carboxylic acids is 2. The highest BCUT2D eigenvalue weighted by Gasteiger charge is 2.45. The van der Waals surface area contributed by atoms with Crippen molar-refractivity contribution in [3.63, 3.8) is 0 Å². The van der Waals surface area contributed by atoms with E-state index in [0.717, 1.165) is 24.0 Å². The number of likely N-dealkylation sites (tertiary alicyclic amines) is 1. The number of nitrogens with one attached hydrogen (secondary N) is 1. The second-order valence-corrected chi connectivity index (χ2v) is 12.3. The van der Waals surface area contributed by atoms with Crippen molar-refractivity contribution in [2.45, 2.75) is 56.4 Å². The van der Waals surface area contributed by atoms with Gasteiger partial charge in [0.25, 0.3) is 0 Å². The number of hydrogen-bond acceptors (Lipinski definition) is 6. The third kappa shape index (κ3) is 5.46. The molecule has 2 aromatic carbocycles. The number of fused-ring (bicyclic) bond motifs is 3. The first kappa shape index (κ1) is 25.6. The summed E-state index contributed by atoms with van der Waals surface area (Å²) in [5, 5.41) is 0. The quantitative estimate of drug-likeness (QED) is 0.538. The van der Waals surface area contributed by atoms with Crippen LogP contribution >= 0.6 is 0 Å². The molecule has 1 saturated heterocycles. The Morgan fingerprint density at radius 3 is 2.73 bits per heavy atom. The van der Waals surface area contributed by atoms with Crippen molar-refractivity contribution in [3.8, 4) is 5.75 Å².